The Morgan fingerprint density at radius 1 is 1.26 bits per heavy atom. The van der Waals surface area contributed by atoms with Gasteiger partial charge >= 0.3 is 0 Å². The van der Waals surface area contributed by atoms with Gasteiger partial charge in [0.2, 0.25) is 0 Å². The van der Waals surface area contributed by atoms with Gasteiger partial charge in [0, 0.05) is 6.07 Å². The third-order valence-electron chi connectivity index (χ3n) is 3.12. The normalized spacial score (nSPS) is 10.6. The van der Waals surface area contributed by atoms with E-state index in [9.17, 15) is 4.79 Å². The lowest BCUT2D eigenvalue weighted by molar-refractivity contribution is 0.104. The highest BCUT2D eigenvalue weighted by Gasteiger charge is 2.11. The lowest BCUT2D eigenvalue weighted by Crippen LogP contribution is -2.01. The van der Waals surface area contributed by atoms with Crippen molar-refractivity contribution in [1.82, 2.24) is 0 Å². The molecule has 0 saturated carbocycles. The number of carbonyl (C=O) groups excluding carboxylic acids is 1. The van der Waals surface area contributed by atoms with Crippen LogP contribution in [0.15, 0.2) is 58.7 Å². The molecule has 0 aliphatic carbocycles. The molecular weight excluding hydrogens is 292 g/mol. The lowest BCUT2D eigenvalue weighted by atomic mass is 10.1. The van der Waals surface area contributed by atoms with Crippen LogP contribution in [0.4, 0.5) is 0 Å². The Morgan fingerprint density at radius 2 is 2.09 bits per heavy atom. The van der Waals surface area contributed by atoms with Crippen LogP contribution in [0.3, 0.4) is 0 Å². The summed E-state index contributed by atoms with van der Waals surface area (Å²) < 4.78 is 16.1. The third-order valence-corrected chi connectivity index (χ3v) is 3.12. The summed E-state index contributed by atoms with van der Waals surface area (Å²) in [6.45, 7) is 4.51. The molecule has 2 rings (SSSR count). The van der Waals surface area contributed by atoms with Crippen molar-refractivity contribution in [1.29, 1.82) is 0 Å². The summed E-state index contributed by atoms with van der Waals surface area (Å²) in [5.74, 6) is 1.60. The first-order chi connectivity index (χ1) is 11.1. The van der Waals surface area contributed by atoms with Gasteiger partial charge in [0.15, 0.2) is 5.78 Å². The van der Waals surface area contributed by atoms with E-state index in [1.807, 2.05) is 19.9 Å². The second kappa shape index (κ2) is 8.03. The maximum atomic E-state index is 12.3. The van der Waals surface area contributed by atoms with Crippen molar-refractivity contribution in [3.05, 3.63) is 65.6 Å². The van der Waals surface area contributed by atoms with E-state index >= 15 is 0 Å². The second-order valence-corrected chi connectivity index (χ2v) is 5.17. The molecule has 4 nitrogen and oxygen atoms in total. The fourth-order valence-electron chi connectivity index (χ4n) is 1.90. The SMILES string of the molecule is COc1cc(OCC=C(C)C)ccc1C(=O)/C=C/c1ccco1. The van der Waals surface area contributed by atoms with E-state index in [2.05, 4.69) is 0 Å². The van der Waals surface area contributed by atoms with Crippen molar-refractivity contribution in [3.63, 3.8) is 0 Å². The molecule has 0 unspecified atom stereocenters. The van der Waals surface area contributed by atoms with Gasteiger partial charge < -0.3 is 13.9 Å². The zero-order valence-electron chi connectivity index (χ0n) is 13.5. The van der Waals surface area contributed by atoms with Crippen LogP contribution in [0.2, 0.25) is 0 Å². The Labute approximate surface area is 136 Å². The highest BCUT2D eigenvalue weighted by Crippen LogP contribution is 2.25. The molecule has 0 fully saturated rings. The maximum Gasteiger partial charge on any atom is 0.189 e. The smallest absolute Gasteiger partial charge is 0.189 e. The molecule has 0 N–H and O–H groups in total. The predicted molar refractivity (Wildman–Crippen MR) is 90.0 cm³/mol. The Kier molecular flexibility index (Phi) is 5.80. The van der Waals surface area contributed by atoms with Gasteiger partial charge in [-0.15, -0.1) is 0 Å². The minimum absolute atomic E-state index is 0.158. The molecule has 120 valence electrons. The molecule has 1 heterocycles. The number of methoxy groups -OCH3 is 1. The summed E-state index contributed by atoms with van der Waals surface area (Å²) >= 11 is 0. The van der Waals surface area contributed by atoms with E-state index in [-0.39, 0.29) is 5.78 Å². The van der Waals surface area contributed by atoms with Crippen LogP contribution < -0.4 is 9.47 Å². The van der Waals surface area contributed by atoms with Crippen LogP contribution in [0, 0.1) is 0 Å². The number of hydrogen-bond acceptors (Lipinski definition) is 4. The molecule has 0 bridgehead atoms. The first kappa shape index (κ1) is 16.6. The predicted octanol–water partition coefficient (Wildman–Crippen LogP) is 4.53. The quantitative estimate of drug-likeness (QED) is 0.428. The molecular formula is C19H20O4. The number of hydrogen-bond donors (Lipinski definition) is 0. The van der Waals surface area contributed by atoms with Gasteiger partial charge in [-0.2, -0.15) is 0 Å². The van der Waals surface area contributed by atoms with Crippen LogP contribution in [-0.2, 0) is 0 Å². The van der Waals surface area contributed by atoms with E-state index in [0.29, 0.717) is 29.4 Å². The Hall–Kier alpha value is -2.75. The number of rotatable bonds is 7. The lowest BCUT2D eigenvalue weighted by Gasteiger charge is -2.09. The standard InChI is InChI=1S/C19H20O4/c1-14(2)10-12-23-16-6-8-17(19(13-16)21-3)18(20)9-7-15-5-4-11-22-15/h4-11,13H,12H2,1-3H3/b9-7+. The summed E-state index contributed by atoms with van der Waals surface area (Å²) in [4.78, 5) is 12.3. The highest BCUT2D eigenvalue weighted by atomic mass is 16.5. The number of benzene rings is 1. The fraction of sp³-hybridized carbons (Fsp3) is 0.211. The van der Waals surface area contributed by atoms with Gasteiger partial charge in [-0.05, 0) is 56.3 Å². The topological polar surface area (TPSA) is 48.7 Å². The zero-order valence-corrected chi connectivity index (χ0v) is 13.5. The molecule has 4 heteroatoms. The van der Waals surface area contributed by atoms with Crippen molar-refractivity contribution in [3.8, 4) is 11.5 Å². The molecule has 1 aromatic heterocycles. The van der Waals surface area contributed by atoms with Crippen molar-refractivity contribution < 1.29 is 18.7 Å². The number of furan rings is 1. The largest absolute Gasteiger partial charge is 0.496 e. The van der Waals surface area contributed by atoms with Gasteiger partial charge in [-0.25, -0.2) is 0 Å². The third kappa shape index (κ3) is 4.88. The molecule has 0 aliphatic heterocycles. The molecule has 0 saturated heterocycles. The first-order valence-corrected chi connectivity index (χ1v) is 7.30. The number of allylic oxidation sites excluding steroid dienone is 2. The van der Waals surface area contributed by atoms with Gasteiger partial charge in [0.1, 0.15) is 23.9 Å². The summed E-state index contributed by atoms with van der Waals surface area (Å²) in [5, 5.41) is 0. The molecule has 1 aromatic carbocycles. The summed E-state index contributed by atoms with van der Waals surface area (Å²) in [6.07, 6.45) is 6.63. The molecule has 0 atom stereocenters. The van der Waals surface area contributed by atoms with E-state index in [1.54, 1.807) is 42.7 Å². The van der Waals surface area contributed by atoms with Crippen molar-refractivity contribution in [2.24, 2.45) is 0 Å². The van der Waals surface area contributed by atoms with Gasteiger partial charge in [0.05, 0.1) is 18.9 Å². The zero-order chi connectivity index (χ0) is 16.7. The minimum Gasteiger partial charge on any atom is -0.496 e. The molecule has 0 spiro atoms. The summed E-state index contributed by atoms with van der Waals surface area (Å²) in [5.41, 5.74) is 1.66. The van der Waals surface area contributed by atoms with Crippen molar-refractivity contribution >= 4 is 11.9 Å². The van der Waals surface area contributed by atoms with Crippen molar-refractivity contribution in [2.75, 3.05) is 13.7 Å². The number of carbonyl (C=O) groups is 1. The average Bonchev–Trinajstić information content (AvgIpc) is 3.05. The van der Waals surface area contributed by atoms with Crippen LogP contribution in [0.5, 0.6) is 11.5 Å². The summed E-state index contributed by atoms with van der Waals surface area (Å²) in [6, 6.07) is 8.72. The van der Waals surface area contributed by atoms with Gasteiger partial charge in [0.25, 0.3) is 0 Å². The van der Waals surface area contributed by atoms with E-state index in [0.717, 1.165) is 0 Å². The average molecular weight is 312 g/mol. The molecule has 0 amide bonds. The van der Waals surface area contributed by atoms with Crippen LogP contribution in [-0.4, -0.2) is 19.5 Å². The van der Waals surface area contributed by atoms with Gasteiger partial charge in [-0.3, -0.25) is 4.79 Å². The van der Waals surface area contributed by atoms with E-state index in [4.69, 9.17) is 13.9 Å². The minimum atomic E-state index is -0.158. The van der Waals surface area contributed by atoms with E-state index in [1.165, 1.54) is 18.8 Å². The van der Waals surface area contributed by atoms with Crippen LogP contribution >= 0.6 is 0 Å². The number of ketones is 1. The molecule has 0 radical (unpaired) electrons. The molecule has 23 heavy (non-hydrogen) atoms. The Bertz CT molecular complexity index is 705. The molecule has 2 aromatic rings. The Balaban J connectivity index is 2.12. The number of ether oxygens (including phenoxy) is 2. The van der Waals surface area contributed by atoms with Crippen LogP contribution in [0.25, 0.3) is 6.08 Å². The molecule has 0 aliphatic rings. The fourth-order valence-corrected chi connectivity index (χ4v) is 1.90. The van der Waals surface area contributed by atoms with Crippen molar-refractivity contribution in [2.45, 2.75) is 13.8 Å². The first-order valence-electron chi connectivity index (χ1n) is 7.30. The van der Waals surface area contributed by atoms with Gasteiger partial charge in [-0.1, -0.05) is 5.57 Å². The second-order valence-electron chi connectivity index (χ2n) is 5.17. The highest BCUT2D eigenvalue weighted by molar-refractivity contribution is 6.08. The summed E-state index contributed by atoms with van der Waals surface area (Å²) in [7, 11) is 1.53. The maximum absolute atomic E-state index is 12.3. The Morgan fingerprint density at radius 3 is 2.74 bits per heavy atom. The monoisotopic (exact) mass is 312 g/mol. The van der Waals surface area contributed by atoms with Crippen LogP contribution in [0.1, 0.15) is 30.0 Å². The van der Waals surface area contributed by atoms with E-state index < -0.39 is 0 Å².